The van der Waals surface area contributed by atoms with Gasteiger partial charge in [0.05, 0.1) is 11.4 Å². The molecule has 88 valence electrons. The van der Waals surface area contributed by atoms with Gasteiger partial charge in [0, 0.05) is 31.4 Å². The van der Waals surface area contributed by atoms with E-state index in [0.717, 1.165) is 31.7 Å². The van der Waals surface area contributed by atoms with Crippen LogP contribution in [0.15, 0.2) is 18.3 Å². The first-order valence-corrected chi connectivity index (χ1v) is 6.06. The minimum Gasteiger partial charge on any atom is -0.367 e. The van der Waals surface area contributed by atoms with E-state index in [2.05, 4.69) is 42.0 Å². The fourth-order valence-corrected chi connectivity index (χ4v) is 2.30. The molecule has 0 saturated carbocycles. The molecule has 1 unspecified atom stereocenters. The summed E-state index contributed by atoms with van der Waals surface area (Å²) in [5, 5.41) is 3.60. The van der Waals surface area contributed by atoms with Crippen LogP contribution in [0.25, 0.3) is 0 Å². The number of pyridine rings is 1. The second-order valence-electron chi connectivity index (χ2n) is 4.87. The molecule has 1 aromatic rings. The highest BCUT2D eigenvalue weighted by Crippen LogP contribution is 2.23. The smallest absolute Gasteiger partial charge is 0.0605 e. The van der Waals surface area contributed by atoms with E-state index in [9.17, 15) is 0 Å². The highest BCUT2D eigenvalue weighted by molar-refractivity contribution is 5.50. The number of anilines is 1. The lowest BCUT2D eigenvalue weighted by Gasteiger charge is -2.42. The van der Waals surface area contributed by atoms with Gasteiger partial charge in [-0.15, -0.1) is 0 Å². The summed E-state index contributed by atoms with van der Waals surface area (Å²) in [6.45, 7) is 9.81. The predicted octanol–water partition coefficient (Wildman–Crippen LogP) is 1.97. The quantitative estimate of drug-likeness (QED) is 0.824. The first kappa shape index (κ1) is 11.4. The van der Waals surface area contributed by atoms with Gasteiger partial charge < -0.3 is 10.2 Å². The van der Waals surface area contributed by atoms with E-state index in [1.807, 2.05) is 12.3 Å². The van der Waals surface area contributed by atoms with E-state index < -0.39 is 0 Å². The molecule has 2 rings (SSSR count). The number of piperazine rings is 1. The van der Waals surface area contributed by atoms with Crippen molar-refractivity contribution in [2.45, 2.75) is 32.7 Å². The fraction of sp³-hybridized carbons (Fsp3) is 0.615. The lowest BCUT2D eigenvalue weighted by atomic mass is 9.95. The van der Waals surface area contributed by atoms with Crippen molar-refractivity contribution in [3.63, 3.8) is 0 Å². The molecule has 0 radical (unpaired) electrons. The van der Waals surface area contributed by atoms with Crippen molar-refractivity contribution in [2.24, 2.45) is 0 Å². The van der Waals surface area contributed by atoms with Gasteiger partial charge in [-0.1, -0.05) is 6.92 Å². The Kier molecular flexibility index (Phi) is 3.15. The summed E-state index contributed by atoms with van der Waals surface area (Å²) in [6.07, 6.45) is 3.02. The van der Waals surface area contributed by atoms with Crippen molar-refractivity contribution in [1.29, 1.82) is 0 Å². The Morgan fingerprint density at radius 3 is 3.06 bits per heavy atom. The normalized spacial score (nSPS) is 25.8. The van der Waals surface area contributed by atoms with E-state index in [0.29, 0.717) is 0 Å². The van der Waals surface area contributed by atoms with Crippen LogP contribution in [-0.2, 0) is 0 Å². The van der Waals surface area contributed by atoms with Crippen molar-refractivity contribution in [2.75, 3.05) is 24.5 Å². The summed E-state index contributed by atoms with van der Waals surface area (Å²) in [7, 11) is 0. The molecule has 1 aliphatic heterocycles. The Bertz CT molecular complexity index is 364. The van der Waals surface area contributed by atoms with Crippen molar-refractivity contribution < 1.29 is 0 Å². The van der Waals surface area contributed by atoms with Crippen molar-refractivity contribution in [1.82, 2.24) is 10.3 Å². The number of nitrogens with zero attached hydrogens (tertiary/aromatic N) is 2. The lowest BCUT2D eigenvalue weighted by Crippen LogP contribution is -2.58. The molecular formula is C13H21N3. The average molecular weight is 219 g/mol. The van der Waals surface area contributed by atoms with Crippen LogP contribution >= 0.6 is 0 Å². The van der Waals surface area contributed by atoms with Gasteiger partial charge in [-0.2, -0.15) is 0 Å². The molecule has 0 spiro atoms. The number of hydrogen-bond donors (Lipinski definition) is 1. The van der Waals surface area contributed by atoms with E-state index >= 15 is 0 Å². The zero-order valence-corrected chi connectivity index (χ0v) is 10.5. The maximum Gasteiger partial charge on any atom is 0.0605 e. The zero-order chi connectivity index (χ0) is 11.6. The molecule has 1 atom stereocenters. The van der Waals surface area contributed by atoms with Gasteiger partial charge >= 0.3 is 0 Å². The maximum absolute atomic E-state index is 4.37. The fourth-order valence-electron chi connectivity index (χ4n) is 2.30. The van der Waals surface area contributed by atoms with Crippen molar-refractivity contribution >= 4 is 5.69 Å². The molecule has 3 nitrogen and oxygen atoms in total. The molecule has 3 heteroatoms. The number of rotatable bonds is 2. The Morgan fingerprint density at radius 2 is 2.38 bits per heavy atom. The van der Waals surface area contributed by atoms with Gasteiger partial charge in [-0.05, 0) is 32.4 Å². The van der Waals surface area contributed by atoms with Gasteiger partial charge in [0.25, 0.3) is 0 Å². The second-order valence-corrected chi connectivity index (χ2v) is 4.87. The Morgan fingerprint density at radius 1 is 1.56 bits per heavy atom. The number of aryl methyl sites for hydroxylation is 1. The van der Waals surface area contributed by atoms with E-state index in [1.54, 1.807) is 0 Å². The van der Waals surface area contributed by atoms with Crippen LogP contribution in [0.5, 0.6) is 0 Å². The first-order valence-electron chi connectivity index (χ1n) is 6.06. The molecule has 2 heterocycles. The molecule has 1 fully saturated rings. The Labute approximate surface area is 97.9 Å². The van der Waals surface area contributed by atoms with Crippen LogP contribution in [0.1, 0.15) is 26.0 Å². The highest BCUT2D eigenvalue weighted by atomic mass is 15.2. The third kappa shape index (κ3) is 2.19. The number of hydrogen-bond acceptors (Lipinski definition) is 3. The van der Waals surface area contributed by atoms with Gasteiger partial charge in [0.15, 0.2) is 0 Å². The summed E-state index contributed by atoms with van der Waals surface area (Å²) in [5.74, 6) is 0. The molecule has 16 heavy (non-hydrogen) atoms. The molecule has 1 saturated heterocycles. The summed E-state index contributed by atoms with van der Waals surface area (Å²) in [6, 6.07) is 4.19. The van der Waals surface area contributed by atoms with Crippen LogP contribution in [-0.4, -0.2) is 30.2 Å². The predicted molar refractivity (Wildman–Crippen MR) is 67.9 cm³/mol. The zero-order valence-electron chi connectivity index (χ0n) is 10.5. The largest absolute Gasteiger partial charge is 0.367 e. The minimum atomic E-state index is 0.237. The first-order chi connectivity index (χ1) is 7.64. The maximum atomic E-state index is 4.37. The van der Waals surface area contributed by atoms with E-state index in [-0.39, 0.29) is 5.54 Å². The van der Waals surface area contributed by atoms with Crippen LogP contribution in [0, 0.1) is 6.92 Å². The minimum absolute atomic E-state index is 0.237. The topological polar surface area (TPSA) is 28.2 Å². The van der Waals surface area contributed by atoms with E-state index in [4.69, 9.17) is 0 Å². The van der Waals surface area contributed by atoms with E-state index in [1.165, 1.54) is 5.69 Å². The summed E-state index contributed by atoms with van der Waals surface area (Å²) in [4.78, 5) is 6.81. The standard InChI is InChI=1S/C13H21N3/c1-4-13(3)10-16(9-8-15-13)12-6-5-7-14-11(12)2/h5-7,15H,4,8-10H2,1-3H3. The van der Waals surface area contributed by atoms with Crippen molar-refractivity contribution in [3.8, 4) is 0 Å². The third-order valence-corrected chi connectivity index (χ3v) is 3.57. The highest BCUT2D eigenvalue weighted by Gasteiger charge is 2.29. The second kappa shape index (κ2) is 4.42. The Balaban J connectivity index is 2.19. The Hall–Kier alpha value is -1.09. The van der Waals surface area contributed by atoms with Gasteiger partial charge in [-0.25, -0.2) is 0 Å². The molecule has 0 aromatic carbocycles. The van der Waals surface area contributed by atoms with Gasteiger partial charge in [0.1, 0.15) is 0 Å². The van der Waals surface area contributed by atoms with Crippen LogP contribution in [0.2, 0.25) is 0 Å². The molecule has 0 bridgehead atoms. The van der Waals surface area contributed by atoms with Crippen LogP contribution in [0.3, 0.4) is 0 Å². The molecule has 1 aromatic heterocycles. The summed E-state index contributed by atoms with van der Waals surface area (Å²) < 4.78 is 0. The van der Waals surface area contributed by atoms with Gasteiger partial charge in [0.2, 0.25) is 0 Å². The van der Waals surface area contributed by atoms with Crippen LogP contribution < -0.4 is 10.2 Å². The molecular weight excluding hydrogens is 198 g/mol. The SMILES string of the molecule is CCC1(C)CN(c2cccnc2C)CCN1. The lowest BCUT2D eigenvalue weighted by molar-refractivity contribution is 0.314. The van der Waals surface area contributed by atoms with Crippen LogP contribution in [0.4, 0.5) is 5.69 Å². The summed E-state index contributed by atoms with van der Waals surface area (Å²) in [5.41, 5.74) is 2.65. The third-order valence-electron chi connectivity index (χ3n) is 3.57. The van der Waals surface area contributed by atoms with Gasteiger partial charge in [-0.3, -0.25) is 4.98 Å². The number of nitrogens with one attached hydrogen (secondary N) is 1. The molecule has 1 aliphatic rings. The monoisotopic (exact) mass is 219 g/mol. The number of aromatic nitrogens is 1. The summed E-state index contributed by atoms with van der Waals surface area (Å²) >= 11 is 0. The van der Waals surface area contributed by atoms with Crippen molar-refractivity contribution in [3.05, 3.63) is 24.0 Å². The molecule has 0 amide bonds. The molecule has 0 aliphatic carbocycles. The molecule has 1 N–H and O–H groups in total. The average Bonchev–Trinajstić information content (AvgIpc) is 2.30.